The van der Waals surface area contributed by atoms with Crippen molar-refractivity contribution >= 4 is 21.4 Å². The topological polar surface area (TPSA) is 51.5 Å². The Kier molecular flexibility index (Phi) is 8.86. The van der Waals surface area contributed by atoms with Crippen LogP contribution in [0.25, 0.3) is 21.2 Å². The molecular formula is C32H31NO3S. The highest BCUT2D eigenvalue weighted by Gasteiger charge is 2.15. The zero-order chi connectivity index (χ0) is 26.2. The van der Waals surface area contributed by atoms with Gasteiger partial charge in [0.25, 0.3) is 0 Å². The maximum Gasteiger partial charge on any atom is 0.119 e. The fourth-order valence-corrected chi connectivity index (χ4v) is 5.48. The molecule has 5 heteroatoms. The Labute approximate surface area is 223 Å². The molecule has 1 unspecified atom stereocenters. The number of methoxy groups -OCH3 is 1. The van der Waals surface area contributed by atoms with Gasteiger partial charge in [-0.25, -0.2) is 0 Å². The van der Waals surface area contributed by atoms with E-state index in [1.54, 1.807) is 14.0 Å². The fraction of sp³-hybridized carbons (Fsp3) is 0.281. The summed E-state index contributed by atoms with van der Waals surface area (Å²) >= 11 is 1.82. The lowest BCUT2D eigenvalue weighted by Gasteiger charge is -2.12. The zero-order valence-electron chi connectivity index (χ0n) is 21.8. The molecule has 0 spiro atoms. The Hall–Kier alpha value is -3.77. The lowest BCUT2D eigenvalue weighted by Crippen LogP contribution is -2.04. The molecular weight excluding hydrogens is 478 g/mol. The van der Waals surface area contributed by atoms with E-state index in [1.807, 2.05) is 41.7 Å². The maximum absolute atomic E-state index is 9.07. The number of hydrogen-bond acceptors (Lipinski definition) is 5. The highest BCUT2D eigenvalue weighted by atomic mass is 32.1. The van der Waals surface area contributed by atoms with Gasteiger partial charge in [0.2, 0.25) is 0 Å². The highest BCUT2D eigenvalue weighted by Crippen LogP contribution is 2.41. The smallest absolute Gasteiger partial charge is 0.119 e. The van der Waals surface area contributed by atoms with Gasteiger partial charge in [0, 0.05) is 27.6 Å². The van der Waals surface area contributed by atoms with E-state index in [2.05, 4.69) is 62.1 Å². The van der Waals surface area contributed by atoms with Gasteiger partial charge in [-0.15, -0.1) is 17.3 Å². The summed E-state index contributed by atoms with van der Waals surface area (Å²) in [5.41, 5.74) is 5.83. The monoisotopic (exact) mass is 509 g/mol. The first-order valence-electron chi connectivity index (χ1n) is 12.3. The molecule has 0 saturated heterocycles. The molecule has 1 heterocycles. The molecule has 0 N–H and O–H groups in total. The molecule has 4 nitrogen and oxygen atoms in total. The predicted molar refractivity (Wildman–Crippen MR) is 151 cm³/mol. The first-order chi connectivity index (χ1) is 18.0. The van der Waals surface area contributed by atoms with Crippen molar-refractivity contribution in [3.05, 3.63) is 82.2 Å². The second-order valence-electron chi connectivity index (χ2n) is 8.85. The number of aryl methyl sites for hydroxylation is 2. The maximum atomic E-state index is 9.07. The van der Waals surface area contributed by atoms with E-state index in [9.17, 15) is 0 Å². The second kappa shape index (κ2) is 12.5. The molecule has 37 heavy (non-hydrogen) atoms. The number of ether oxygens (including phenoxy) is 3. The number of nitriles is 1. The molecule has 0 aliphatic heterocycles. The van der Waals surface area contributed by atoms with Crippen LogP contribution >= 0.6 is 11.3 Å². The largest absolute Gasteiger partial charge is 0.491 e. The molecule has 1 atom stereocenters. The zero-order valence-corrected chi connectivity index (χ0v) is 22.6. The third kappa shape index (κ3) is 6.33. The summed E-state index contributed by atoms with van der Waals surface area (Å²) in [5.74, 6) is 7.61. The average molecular weight is 510 g/mol. The van der Waals surface area contributed by atoms with Gasteiger partial charge in [-0.3, -0.25) is 0 Å². The van der Waals surface area contributed by atoms with Crippen LogP contribution in [0.1, 0.15) is 40.8 Å². The van der Waals surface area contributed by atoms with Crippen LogP contribution in [0.3, 0.4) is 0 Å². The van der Waals surface area contributed by atoms with E-state index < -0.39 is 0 Å². The summed E-state index contributed by atoms with van der Waals surface area (Å²) in [6.45, 7) is 7.70. The Morgan fingerprint density at radius 2 is 1.70 bits per heavy atom. The molecule has 0 amide bonds. The minimum absolute atomic E-state index is 0.0684. The van der Waals surface area contributed by atoms with Crippen LogP contribution in [0.15, 0.2) is 60.7 Å². The van der Waals surface area contributed by atoms with Crippen LogP contribution in [-0.4, -0.2) is 20.3 Å². The van der Waals surface area contributed by atoms with Crippen molar-refractivity contribution in [2.75, 3.05) is 20.3 Å². The molecule has 188 valence electrons. The van der Waals surface area contributed by atoms with Gasteiger partial charge in [-0.2, -0.15) is 5.26 Å². The standard InChI is InChI=1S/C32H31NO3S/c1-5-6-25(15-16-33)26-8-10-27(11-9-26)36-21-24-7-14-31-30(20-24)32(23(3)37-31)29-13-12-28(19-22(29)2)35-18-17-34-4/h7-14,19-20,25H,15,17-18,21H2,1-4H3. The molecule has 0 aliphatic rings. The normalized spacial score (nSPS) is 11.4. The minimum Gasteiger partial charge on any atom is -0.491 e. The lowest BCUT2D eigenvalue weighted by molar-refractivity contribution is 0.146. The summed E-state index contributed by atoms with van der Waals surface area (Å²) in [4.78, 5) is 1.29. The fourth-order valence-electron chi connectivity index (χ4n) is 4.42. The van der Waals surface area contributed by atoms with Gasteiger partial charge in [0.05, 0.1) is 25.0 Å². The van der Waals surface area contributed by atoms with Crippen molar-refractivity contribution in [3.63, 3.8) is 0 Å². The summed E-state index contributed by atoms with van der Waals surface area (Å²) < 4.78 is 18.3. The Balaban J connectivity index is 1.53. The average Bonchev–Trinajstić information content (AvgIpc) is 3.23. The first kappa shape index (κ1) is 26.3. The van der Waals surface area contributed by atoms with Crippen molar-refractivity contribution in [1.29, 1.82) is 5.26 Å². The summed E-state index contributed by atoms with van der Waals surface area (Å²) in [6, 6.07) is 23.0. The molecule has 0 radical (unpaired) electrons. The van der Waals surface area contributed by atoms with Crippen LogP contribution in [-0.2, 0) is 11.3 Å². The van der Waals surface area contributed by atoms with Gasteiger partial charge < -0.3 is 14.2 Å². The minimum atomic E-state index is -0.0684. The van der Waals surface area contributed by atoms with E-state index in [0.29, 0.717) is 26.2 Å². The van der Waals surface area contributed by atoms with Crippen molar-refractivity contribution in [1.82, 2.24) is 0 Å². The third-order valence-corrected chi connectivity index (χ3v) is 7.34. The lowest BCUT2D eigenvalue weighted by atomic mass is 9.97. The SMILES string of the molecule is CC#CC(CC#N)c1ccc(OCc2ccc3sc(C)c(-c4ccc(OCCOC)cc4C)c3c2)cc1. The van der Waals surface area contributed by atoms with Crippen LogP contribution in [0.4, 0.5) is 0 Å². The first-order valence-corrected chi connectivity index (χ1v) is 13.1. The molecule has 1 aromatic heterocycles. The molecule has 0 fully saturated rings. The Morgan fingerprint density at radius 1 is 0.919 bits per heavy atom. The molecule has 4 aromatic rings. The number of fused-ring (bicyclic) bond motifs is 1. The molecule has 0 aliphatic carbocycles. The van der Waals surface area contributed by atoms with Crippen molar-refractivity contribution < 1.29 is 14.2 Å². The van der Waals surface area contributed by atoms with Crippen LogP contribution in [0.2, 0.25) is 0 Å². The van der Waals surface area contributed by atoms with Gasteiger partial charge in [0.15, 0.2) is 0 Å². The summed E-state index contributed by atoms with van der Waals surface area (Å²) in [7, 11) is 1.67. The van der Waals surface area contributed by atoms with Crippen LogP contribution in [0.5, 0.6) is 11.5 Å². The van der Waals surface area contributed by atoms with Gasteiger partial charge in [0.1, 0.15) is 24.7 Å². The Morgan fingerprint density at radius 3 is 2.41 bits per heavy atom. The van der Waals surface area contributed by atoms with E-state index in [1.165, 1.54) is 31.7 Å². The summed E-state index contributed by atoms with van der Waals surface area (Å²) in [5, 5.41) is 10.3. The molecule has 4 rings (SSSR count). The van der Waals surface area contributed by atoms with Gasteiger partial charge in [-0.05, 0) is 79.4 Å². The van der Waals surface area contributed by atoms with E-state index >= 15 is 0 Å². The van der Waals surface area contributed by atoms with Crippen LogP contribution in [0, 0.1) is 37.0 Å². The van der Waals surface area contributed by atoms with Crippen molar-refractivity contribution in [2.24, 2.45) is 0 Å². The van der Waals surface area contributed by atoms with Crippen molar-refractivity contribution in [3.8, 4) is 40.5 Å². The van der Waals surface area contributed by atoms with Gasteiger partial charge >= 0.3 is 0 Å². The number of rotatable bonds is 10. The third-order valence-electron chi connectivity index (χ3n) is 6.25. The van der Waals surface area contributed by atoms with E-state index in [-0.39, 0.29) is 5.92 Å². The molecule has 0 saturated carbocycles. The highest BCUT2D eigenvalue weighted by molar-refractivity contribution is 7.19. The number of thiophene rings is 1. The van der Waals surface area contributed by atoms with E-state index in [0.717, 1.165) is 22.6 Å². The van der Waals surface area contributed by atoms with Crippen LogP contribution < -0.4 is 9.47 Å². The predicted octanol–water partition coefficient (Wildman–Crippen LogP) is 7.81. The number of nitrogens with zero attached hydrogens (tertiary/aromatic N) is 1. The van der Waals surface area contributed by atoms with Crippen molar-refractivity contribution in [2.45, 2.75) is 39.7 Å². The van der Waals surface area contributed by atoms with Gasteiger partial charge in [-0.1, -0.05) is 30.2 Å². The summed E-state index contributed by atoms with van der Waals surface area (Å²) in [6.07, 6.45) is 0.381. The number of benzene rings is 3. The number of hydrogen-bond donors (Lipinski definition) is 0. The molecule has 0 bridgehead atoms. The Bertz CT molecular complexity index is 1470. The second-order valence-corrected chi connectivity index (χ2v) is 10.1. The molecule has 3 aromatic carbocycles. The van der Waals surface area contributed by atoms with E-state index in [4.69, 9.17) is 19.5 Å². The quantitative estimate of drug-likeness (QED) is 0.162.